The molecule has 17 heavy (non-hydrogen) atoms. The normalized spacial score (nSPS) is 10.8. The number of benzene rings is 1. The van der Waals surface area contributed by atoms with Crippen LogP contribution in [0.5, 0.6) is 0 Å². The summed E-state index contributed by atoms with van der Waals surface area (Å²) in [5.74, 6) is 1.43. The van der Waals surface area contributed by atoms with Crippen molar-refractivity contribution in [1.29, 1.82) is 0 Å². The Hall–Kier alpha value is -1.75. The lowest BCUT2D eigenvalue weighted by Gasteiger charge is -2.03. The van der Waals surface area contributed by atoms with Crippen LogP contribution in [0.2, 0.25) is 0 Å². The first-order chi connectivity index (χ1) is 8.20. The first-order valence-electron chi connectivity index (χ1n) is 5.52. The summed E-state index contributed by atoms with van der Waals surface area (Å²) in [6, 6.07) is 6.61. The van der Waals surface area contributed by atoms with Crippen LogP contribution in [-0.4, -0.2) is 14.8 Å². The lowest BCUT2D eigenvalue weighted by atomic mass is 10.1. The van der Waals surface area contributed by atoms with Crippen molar-refractivity contribution in [3.05, 3.63) is 47.3 Å². The molecule has 0 spiro atoms. The van der Waals surface area contributed by atoms with E-state index in [-0.39, 0.29) is 5.82 Å². The van der Waals surface area contributed by atoms with E-state index in [9.17, 15) is 4.39 Å². The fourth-order valence-electron chi connectivity index (χ4n) is 1.74. The minimum Gasteiger partial charge on any atom is -0.324 e. The lowest BCUT2D eigenvalue weighted by molar-refractivity contribution is 0.624. The lowest BCUT2D eigenvalue weighted by Crippen LogP contribution is -2.07. The molecule has 0 saturated heterocycles. The Kier molecular flexibility index (Phi) is 3.49. The molecule has 1 aromatic carbocycles. The van der Waals surface area contributed by atoms with Gasteiger partial charge in [0.05, 0.1) is 6.54 Å². The maximum Gasteiger partial charge on any atom is 0.146 e. The van der Waals surface area contributed by atoms with Crippen molar-refractivity contribution >= 4 is 0 Å². The maximum absolute atomic E-state index is 13.0. The second kappa shape index (κ2) is 5.05. The highest BCUT2D eigenvalue weighted by Gasteiger charge is 2.07. The highest BCUT2D eigenvalue weighted by molar-refractivity contribution is 5.17. The fourth-order valence-corrected chi connectivity index (χ4v) is 1.74. The van der Waals surface area contributed by atoms with Crippen LogP contribution < -0.4 is 5.73 Å². The predicted octanol–water partition coefficient (Wildman–Crippen LogP) is 1.20. The molecule has 0 bridgehead atoms. The molecule has 0 aliphatic rings. The van der Waals surface area contributed by atoms with Crippen molar-refractivity contribution in [2.75, 3.05) is 0 Å². The molecule has 4 nitrogen and oxygen atoms in total. The summed E-state index contributed by atoms with van der Waals surface area (Å²) in [5.41, 5.74) is 6.48. The van der Waals surface area contributed by atoms with Gasteiger partial charge in [0.1, 0.15) is 17.5 Å². The summed E-state index contributed by atoms with van der Waals surface area (Å²) in [5, 5.41) is 8.04. The molecule has 1 heterocycles. The van der Waals surface area contributed by atoms with E-state index in [1.807, 2.05) is 17.7 Å². The Labute approximate surface area is 99.3 Å². The quantitative estimate of drug-likeness (QED) is 0.864. The summed E-state index contributed by atoms with van der Waals surface area (Å²) in [6.07, 6.45) is 1.47. The molecule has 0 fully saturated rings. The molecule has 5 heteroatoms. The van der Waals surface area contributed by atoms with Gasteiger partial charge in [0.25, 0.3) is 0 Å². The van der Waals surface area contributed by atoms with Gasteiger partial charge in [0.15, 0.2) is 0 Å². The van der Waals surface area contributed by atoms with Gasteiger partial charge in [-0.3, -0.25) is 0 Å². The molecule has 2 N–H and O–H groups in total. The molecule has 0 atom stereocenters. The minimum atomic E-state index is -0.205. The van der Waals surface area contributed by atoms with E-state index in [1.54, 1.807) is 12.1 Å². The monoisotopic (exact) mass is 234 g/mol. The molecule has 1 aromatic heterocycles. The van der Waals surface area contributed by atoms with E-state index in [4.69, 9.17) is 5.73 Å². The number of hydrogen-bond acceptors (Lipinski definition) is 3. The zero-order chi connectivity index (χ0) is 12.3. The maximum atomic E-state index is 13.0. The smallest absolute Gasteiger partial charge is 0.146 e. The van der Waals surface area contributed by atoms with Gasteiger partial charge >= 0.3 is 0 Å². The van der Waals surface area contributed by atoms with Gasteiger partial charge in [0, 0.05) is 13.5 Å². The Morgan fingerprint density at radius 3 is 2.65 bits per heavy atom. The SMILES string of the molecule is Cn1c(CN)nnc1CCc1cccc(F)c1. The first kappa shape index (κ1) is 11.7. The van der Waals surface area contributed by atoms with Gasteiger partial charge in [-0.2, -0.15) is 0 Å². The van der Waals surface area contributed by atoms with E-state index in [2.05, 4.69) is 10.2 Å². The average molecular weight is 234 g/mol. The van der Waals surface area contributed by atoms with E-state index >= 15 is 0 Å². The molecule has 0 radical (unpaired) electrons. The van der Waals surface area contributed by atoms with Crippen molar-refractivity contribution in [2.45, 2.75) is 19.4 Å². The number of aromatic nitrogens is 3. The molecule has 0 aliphatic carbocycles. The van der Waals surface area contributed by atoms with Crippen LogP contribution in [0, 0.1) is 5.82 Å². The van der Waals surface area contributed by atoms with E-state index in [1.165, 1.54) is 6.07 Å². The van der Waals surface area contributed by atoms with Crippen LogP contribution in [-0.2, 0) is 26.4 Å². The molecule has 0 unspecified atom stereocenters. The van der Waals surface area contributed by atoms with Gasteiger partial charge in [-0.25, -0.2) is 4.39 Å². The van der Waals surface area contributed by atoms with Gasteiger partial charge < -0.3 is 10.3 Å². The first-order valence-corrected chi connectivity index (χ1v) is 5.52. The van der Waals surface area contributed by atoms with Gasteiger partial charge in [-0.15, -0.1) is 10.2 Å². The van der Waals surface area contributed by atoms with Crippen molar-refractivity contribution in [3.8, 4) is 0 Å². The summed E-state index contributed by atoms with van der Waals surface area (Å²) < 4.78 is 14.9. The van der Waals surface area contributed by atoms with Crippen molar-refractivity contribution in [1.82, 2.24) is 14.8 Å². The van der Waals surface area contributed by atoms with Crippen LogP contribution >= 0.6 is 0 Å². The highest BCUT2D eigenvalue weighted by atomic mass is 19.1. The number of nitrogens with zero attached hydrogens (tertiary/aromatic N) is 3. The summed E-state index contributed by atoms with van der Waals surface area (Å²) in [7, 11) is 1.89. The molecule has 90 valence electrons. The van der Waals surface area contributed by atoms with Gasteiger partial charge in [0.2, 0.25) is 0 Å². The second-order valence-corrected chi connectivity index (χ2v) is 3.93. The molecule has 2 rings (SSSR count). The van der Waals surface area contributed by atoms with E-state index < -0.39 is 0 Å². The Bertz CT molecular complexity index is 507. The number of rotatable bonds is 4. The van der Waals surface area contributed by atoms with Gasteiger partial charge in [-0.1, -0.05) is 12.1 Å². The zero-order valence-electron chi connectivity index (χ0n) is 9.73. The summed E-state index contributed by atoms with van der Waals surface area (Å²) >= 11 is 0. The molecule has 0 saturated carbocycles. The molecule has 2 aromatic rings. The van der Waals surface area contributed by atoms with Crippen molar-refractivity contribution in [3.63, 3.8) is 0 Å². The standard InChI is InChI=1S/C12H15FN4/c1-17-11(15-16-12(17)8-14)6-5-9-3-2-4-10(13)7-9/h2-4,7H,5-6,8,14H2,1H3. The number of hydrogen-bond donors (Lipinski definition) is 1. The Morgan fingerprint density at radius 2 is 2.00 bits per heavy atom. The van der Waals surface area contributed by atoms with Crippen molar-refractivity contribution < 1.29 is 4.39 Å². The molecule has 0 amide bonds. The minimum absolute atomic E-state index is 0.205. The molecule has 0 aliphatic heterocycles. The molecular formula is C12H15FN4. The van der Waals surface area contributed by atoms with Crippen LogP contribution in [0.25, 0.3) is 0 Å². The van der Waals surface area contributed by atoms with Crippen LogP contribution in [0.4, 0.5) is 4.39 Å². The van der Waals surface area contributed by atoms with Crippen molar-refractivity contribution in [2.24, 2.45) is 12.8 Å². The average Bonchev–Trinajstić information content (AvgIpc) is 2.67. The highest BCUT2D eigenvalue weighted by Crippen LogP contribution is 2.08. The van der Waals surface area contributed by atoms with E-state index in [0.717, 1.165) is 30.1 Å². The molecular weight excluding hydrogens is 219 g/mol. The third-order valence-electron chi connectivity index (χ3n) is 2.76. The third-order valence-corrected chi connectivity index (χ3v) is 2.76. The van der Waals surface area contributed by atoms with E-state index in [0.29, 0.717) is 6.54 Å². The second-order valence-electron chi connectivity index (χ2n) is 3.93. The summed E-state index contributed by atoms with van der Waals surface area (Å²) in [4.78, 5) is 0. The largest absolute Gasteiger partial charge is 0.324 e. The number of halogens is 1. The van der Waals surface area contributed by atoms with Crippen LogP contribution in [0.3, 0.4) is 0 Å². The third kappa shape index (κ3) is 2.68. The predicted molar refractivity (Wildman–Crippen MR) is 62.7 cm³/mol. The fraction of sp³-hybridized carbons (Fsp3) is 0.333. The van der Waals surface area contributed by atoms with Gasteiger partial charge in [-0.05, 0) is 24.1 Å². The number of nitrogens with two attached hydrogens (primary N) is 1. The summed E-state index contributed by atoms with van der Waals surface area (Å²) in [6.45, 7) is 0.378. The van der Waals surface area contributed by atoms with Crippen LogP contribution in [0.1, 0.15) is 17.2 Å². The Balaban J connectivity index is 2.05. The topological polar surface area (TPSA) is 56.7 Å². The number of aryl methyl sites for hydroxylation is 2. The van der Waals surface area contributed by atoms with Crippen LogP contribution in [0.15, 0.2) is 24.3 Å². The Morgan fingerprint density at radius 1 is 1.24 bits per heavy atom. The zero-order valence-corrected chi connectivity index (χ0v) is 9.73.